The Balaban J connectivity index is 1.33. The molecule has 0 aliphatic rings. The topological polar surface area (TPSA) is 75.3 Å². The number of carbonyl (C=O) groups is 1. The number of para-hydroxylation sites is 1. The molecular formula is C29H24N4O2. The predicted molar refractivity (Wildman–Crippen MR) is 142 cm³/mol. The van der Waals surface area contributed by atoms with Crippen molar-refractivity contribution < 1.29 is 9.53 Å². The van der Waals surface area contributed by atoms with Crippen molar-refractivity contribution in [2.24, 2.45) is 0 Å². The van der Waals surface area contributed by atoms with Gasteiger partial charge in [0.25, 0.3) is 5.91 Å². The van der Waals surface area contributed by atoms with Crippen LogP contribution in [0.5, 0.6) is 5.75 Å². The van der Waals surface area contributed by atoms with Gasteiger partial charge in [-0.2, -0.15) is 0 Å². The van der Waals surface area contributed by atoms with E-state index in [0.29, 0.717) is 11.3 Å². The van der Waals surface area contributed by atoms with Crippen LogP contribution in [-0.4, -0.2) is 18.0 Å². The molecule has 5 aromatic rings. The van der Waals surface area contributed by atoms with Crippen LogP contribution in [0.2, 0.25) is 0 Å². The first-order valence-corrected chi connectivity index (χ1v) is 11.2. The fourth-order valence-corrected chi connectivity index (χ4v) is 3.82. The van der Waals surface area contributed by atoms with E-state index < -0.39 is 0 Å². The molecule has 172 valence electrons. The van der Waals surface area contributed by atoms with Crippen LogP contribution < -0.4 is 20.7 Å². The minimum absolute atomic E-state index is 0.188. The summed E-state index contributed by atoms with van der Waals surface area (Å²) in [5.41, 5.74) is 5.67. The molecule has 1 amide bonds. The van der Waals surface area contributed by atoms with Crippen molar-refractivity contribution in [1.29, 1.82) is 0 Å². The number of pyridine rings is 1. The molecular weight excluding hydrogens is 436 g/mol. The third kappa shape index (κ3) is 5.23. The summed E-state index contributed by atoms with van der Waals surface area (Å²) in [5, 5.41) is 10.7. The highest BCUT2D eigenvalue weighted by atomic mass is 16.5. The summed E-state index contributed by atoms with van der Waals surface area (Å²) in [6.07, 6.45) is 1.75. The normalized spacial score (nSPS) is 10.5. The van der Waals surface area contributed by atoms with Gasteiger partial charge in [0.1, 0.15) is 5.75 Å². The van der Waals surface area contributed by atoms with Crippen LogP contribution in [0.15, 0.2) is 109 Å². The molecule has 1 heterocycles. The SMILES string of the molecule is COc1ccc2nccc(Nc3cccc(C(=O)Nc4cccc(Nc5ccccc5)c4)c3)c2c1. The number of rotatable bonds is 7. The molecule has 0 aliphatic carbocycles. The molecule has 0 spiro atoms. The van der Waals surface area contributed by atoms with Gasteiger partial charge in [0.15, 0.2) is 0 Å². The molecule has 0 fully saturated rings. The van der Waals surface area contributed by atoms with Crippen molar-refractivity contribution in [3.63, 3.8) is 0 Å². The first kappa shape index (κ1) is 22.0. The Kier molecular flexibility index (Phi) is 6.26. The number of fused-ring (bicyclic) bond motifs is 1. The lowest BCUT2D eigenvalue weighted by molar-refractivity contribution is 0.102. The van der Waals surface area contributed by atoms with Crippen LogP contribution in [0.4, 0.5) is 28.4 Å². The number of nitrogens with one attached hydrogen (secondary N) is 3. The summed E-state index contributed by atoms with van der Waals surface area (Å²) < 4.78 is 5.36. The molecule has 0 bridgehead atoms. The van der Waals surface area contributed by atoms with E-state index in [0.717, 1.165) is 39.4 Å². The number of nitrogens with zero attached hydrogens (tertiary/aromatic N) is 1. The summed E-state index contributed by atoms with van der Waals surface area (Å²) in [7, 11) is 1.64. The zero-order valence-electron chi connectivity index (χ0n) is 19.2. The first-order valence-electron chi connectivity index (χ1n) is 11.2. The molecule has 0 aliphatic heterocycles. The smallest absolute Gasteiger partial charge is 0.255 e. The van der Waals surface area contributed by atoms with E-state index in [2.05, 4.69) is 20.9 Å². The largest absolute Gasteiger partial charge is 0.497 e. The fourth-order valence-electron chi connectivity index (χ4n) is 3.82. The number of aromatic nitrogens is 1. The Bertz CT molecular complexity index is 1490. The van der Waals surface area contributed by atoms with Crippen molar-refractivity contribution in [1.82, 2.24) is 4.98 Å². The maximum absolute atomic E-state index is 13.0. The molecule has 0 saturated heterocycles. The quantitative estimate of drug-likeness (QED) is 0.244. The molecule has 0 radical (unpaired) electrons. The van der Waals surface area contributed by atoms with E-state index in [1.807, 2.05) is 97.1 Å². The number of ether oxygens (including phenoxy) is 1. The Morgan fingerprint density at radius 3 is 2.29 bits per heavy atom. The van der Waals surface area contributed by atoms with Gasteiger partial charge < -0.3 is 20.7 Å². The Morgan fingerprint density at radius 2 is 1.46 bits per heavy atom. The summed E-state index contributed by atoms with van der Waals surface area (Å²) in [5.74, 6) is 0.567. The highest BCUT2D eigenvalue weighted by molar-refractivity contribution is 6.05. The van der Waals surface area contributed by atoms with Crippen molar-refractivity contribution in [2.45, 2.75) is 0 Å². The molecule has 4 aromatic carbocycles. The summed E-state index contributed by atoms with van der Waals surface area (Å²) in [6.45, 7) is 0. The van der Waals surface area contributed by atoms with Gasteiger partial charge in [0.2, 0.25) is 0 Å². The van der Waals surface area contributed by atoms with Gasteiger partial charge in [-0.15, -0.1) is 0 Å². The molecule has 6 heteroatoms. The van der Waals surface area contributed by atoms with Gasteiger partial charge in [-0.25, -0.2) is 0 Å². The number of benzene rings is 4. The number of hydrogen-bond acceptors (Lipinski definition) is 5. The molecule has 6 nitrogen and oxygen atoms in total. The van der Waals surface area contributed by atoms with E-state index >= 15 is 0 Å². The number of carbonyl (C=O) groups excluding carboxylic acids is 1. The Hall–Kier alpha value is -4.84. The Labute approximate surface area is 203 Å². The molecule has 0 saturated carbocycles. The maximum atomic E-state index is 13.0. The van der Waals surface area contributed by atoms with Gasteiger partial charge >= 0.3 is 0 Å². The predicted octanol–water partition coefficient (Wildman–Crippen LogP) is 6.98. The van der Waals surface area contributed by atoms with Gasteiger partial charge in [-0.05, 0) is 72.8 Å². The monoisotopic (exact) mass is 460 g/mol. The van der Waals surface area contributed by atoms with Crippen LogP contribution in [0, 0.1) is 0 Å². The van der Waals surface area contributed by atoms with Gasteiger partial charge in [-0.3, -0.25) is 9.78 Å². The van der Waals surface area contributed by atoms with E-state index in [-0.39, 0.29) is 5.91 Å². The average Bonchev–Trinajstić information content (AvgIpc) is 2.89. The van der Waals surface area contributed by atoms with Crippen LogP contribution in [0.3, 0.4) is 0 Å². The van der Waals surface area contributed by atoms with E-state index in [4.69, 9.17) is 4.74 Å². The summed E-state index contributed by atoms with van der Waals surface area (Å²) in [6, 6.07) is 32.6. The lowest BCUT2D eigenvalue weighted by Gasteiger charge is -2.12. The maximum Gasteiger partial charge on any atom is 0.255 e. The van der Waals surface area contributed by atoms with Gasteiger partial charge in [-0.1, -0.05) is 30.3 Å². The van der Waals surface area contributed by atoms with E-state index in [9.17, 15) is 4.79 Å². The summed E-state index contributed by atoms with van der Waals surface area (Å²) >= 11 is 0. The molecule has 0 atom stereocenters. The standard InChI is InChI=1S/C29H24N4O2/c1-35-25-13-14-27-26(19-25)28(15-16-30-27)32-22-10-5-7-20(17-22)29(34)33-24-12-6-11-23(18-24)31-21-8-3-2-4-9-21/h2-19,31H,1H3,(H,30,32)(H,33,34). The van der Waals surface area contributed by atoms with Crippen molar-refractivity contribution in [3.8, 4) is 5.75 Å². The Morgan fingerprint density at radius 1 is 0.714 bits per heavy atom. The second-order valence-corrected chi connectivity index (χ2v) is 7.97. The molecule has 3 N–H and O–H groups in total. The van der Waals surface area contributed by atoms with Crippen molar-refractivity contribution >= 4 is 45.2 Å². The number of anilines is 5. The molecule has 0 unspecified atom stereocenters. The van der Waals surface area contributed by atoms with E-state index in [1.165, 1.54) is 0 Å². The van der Waals surface area contributed by atoms with Crippen LogP contribution in [0.1, 0.15) is 10.4 Å². The lowest BCUT2D eigenvalue weighted by atomic mass is 10.1. The highest BCUT2D eigenvalue weighted by Gasteiger charge is 2.09. The number of hydrogen-bond donors (Lipinski definition) is 3. The second-order valence-electron chi connectivity index (χ2n) is 7.97. The number of methoxy groups -OCH3 is 1. The van der Waals surface area contributed by atoms with Gasteiger partial charge in [0.05, 0.1) is 12.6 Å². The van der Waals surface area contributed by atoms with Crippen molar-refractivity contribution in [3.05, 3.63) is 115 Å². The minimum atomic E-state index is -0.188. The van der Waals surface area contributed by atoms with Crippen molar-refractivity contribution in [2.75, 3.05) is 23.1 Å². The molecule has 5 rings (SSSR count). The average molecular weight is 461 g/mol. The zero-order chi connectivity index (χ0) is 24.0. The first-order chi connectivity index (χ1) is 17.2. The third-order valence-electron chi connectivity index (χ3n) is 5.54. The summed E-state index contributed by atoms with van der Waals surface area (Å²) in [4.78, 5) is 17.4. The lowest BCUT2D eigenvalue weighted by Crippen LogP contribution is -2.12. The van der Waals surface area contributed by atoms with Crippen LogP contribution in [0.25, 0.3) is 10.9 Å². The van der Waals surface area contributed by atoms with Crippen LogP contribution >= 0.6 is 0 Å². The zero-order valence-corrected chi connectivity index (χ0v) is 19.2. The number of amides is 1. The third-order valence-corrected chi connectivity index (χ3v) is 5.54. The van der Waals surface area contributed by atoms with Crippen LogP contribution in [-0.2, 0) is 0 Å². The molecule has 1 aromatic heterocycles. The second kappa shape index (κ2) is 9.97. The highest BCUT2D eigenvalue weighted by Crippen LogP contribution is 2.29. The molecule has 35 heavy (non-hydrogen) atoms. The van der Waals surface area contributed by atoms with Gasteiger partial charge in [0, 0.05) is 45.6 Å². The minimum Gasteiger partial charge on any atom is -0.497 e. The van der Waals surface area contributed by atoms with E-state index in [1.54, 1.807) is 19.4 Å². The fraction of sp³-hybridized carbons (Fsp3) is 0.0345.